The fourth-order valence-electron chi connectivity index (χ4n) is 1.96. The summed E-state index contributed by atoms with van der Waals surface area (Å²) in [5.74, 6) is -1.85. The molecule has 0 aromatic heterocycles. The molecular formula is C12H12O5. The van der Waals surface area contributed by atoms with Crippen molar-refractivity contribution in [3.05, 3.63) is 29.8 Å². The molecule has 0 spiro atoms. The Balaban J connectivity index is 2.38. The highest BCUT2D eigenvalue weighted by Gasteiger charge is 2.42. The first kappa shape index (κ1) is 11.4. The van der Waals surface area contributed by atoms with Gasteiger partial charge in [0.2, 0.25) is 0 Å². The Morgan fingerprint density at radius 2 is 2.18 bits per heavy atom. The smallest absolute Gasteiger partial charge is 0.311 e. The first-order valence-corrected chi connectivity index (χ1v) is 5.18. The number of aliphatic carboxylic acids is 1. The number of carboxylic acids is 1. The van der Waals surface area contributed by atoms with E-state index in [0.717, 1.165) is 0 Å². The average molecular weight is 236 g/mol. The van der Waals surface area contributed by atoms with Crippen LogP contribution in [0.15, 0.2) is 24.3 Å². The molecule has 5 heteroatoms. The van der Waals surface area contributed by atoms with Crippen LogP contribution < -0.4 is 4.74 Å². The second kappa shape index (κ2) is 4.45. The number of para-hydroxylation sites is 1. The topological polar surface area (TPSA) is 72.8 Å². The lowest BCUT2D eigenvalue weighted by atomic mass is 9.95. The Hall–Kier alpha value is -2.04. The van der Waals surface area contributed by atoms with Crippen LogP contribution in [0.1, 0.15) is 18.1 Å². The molecule has 1 N–H and O–H groups in total. The molecule has 1 heterocycles. The lowest BCUT2D eigenvalue weighted by molar-refractivity contribution is -0.144. The van der Waals surface area contributed by atoms with E-state index in [4.69, 9.17) is 14.6 Å². The fraction of sp³-hybridized carbons (Fsp3) is 0.333. The summed E-state index contributed by atoms with van der Waals surface area (Å²) in [5, 5.41) is 9.05. The van der Waals surface area contributed by atoms with Gasteiger partial charge in [-0.3, -0.25) is 9.59 Å². The minimum absolute atomic E-state index is 0.0992. The quantitative estimate of drug-likeness (QED) is 0.803. The zero-order valence-corrected chi connectivity index (χ0v) is 9.25. The molecule has 0 bridgehead atoms. The molecule has 1 aliphatic heterocycles. The summed E-state index contributed by atoms with van der Waals surface area (Å²) in [6, 6.07) is 6.94. The highest BCUT2D eigenvalue weighted by atomic mass is 16.6. The van der Waals surface area contributed by atoms with Gasteiger partial charge in [-0.15, -0.1) is 0 Å². The van der Waals surface area contributed by atoms with Crippen LogP contribution in [0.2, 0.25) is 0 Å². The molecule has 0 radical (unpaired) electrons. The lowest BCUT2D eigenvalue weighted by Gasteiger charge is -2.17. The van der Waals surface area contributed by atoms with Crippen LogP contribution in [0.4, 0.5) is 0 Å². The summed E-state index contributed by atoms with van der Waals surface area (Å²) in [4.78, 5) is 22.3. The van der Waals surface area contributed by atoms with E-state index in [9.17, 15) is 9.59 Å². The maximum atomic E-state index is 11.2. The van der Waals surface area contributed by atoms with Gasteiger partial charge in [0.15, 0.2) is 0 Å². The van der Waals surface area contributed by atoms with Gasteiger partial charge in [-0.1, -0.05) is 18.2 Å². The van der Waals surface area contributed by atoms with Crippen molar-refractivity contribution in [3.63, 3.8) is 0 Å². The van der Waals surface area contributed by atoms with Crippen molar-refractivity contribution < 1.29 is 24.2 Å². The maximum Gasteiger partial charge on any atom is 0.311 e. The highest BCUT2D eigenvalue weighted by molar-refractivity contribution is 5.83. The number of esters is 1. The number of ether oxygens (including phenoxy) is 2. The molecule has 1 aromatic rings. The van der Waals surface area contributed by atoms with Crippen molar-refractivity contribution in [2.75, 3.05) is 7.11 Å². The molecule has 17 heavy (non-hydrogen) atoms. The van der Waals surface area contributed by atoms with Crippen LogP contribution in [0.25, 0.3) is 0 Å². The molecule has 90 valence electrons. The predicted molar refractivity (Wildman–Crippen MR) is 57.6 cm³/mol. The van der Waals surface area contributed by atoms with Crippen molar-refractivity contribution >= 4 is 11.9 Å². The fourth-order valence-corrected chi connectivity index (χ4v) is 1.96. The molecule has 1 saturated heterocycles. The molecule has 2 rings (SSSR count). The van der Waals surface area contributed by atoms with Crippen LogP contribution in [0.5, 0.6) is 5.75 Å². The van der Waals surface area contributed by atoms with Crippen molar-refractivity contribution in [1.82, 2.24) is 0 Å². The third kappa shape index (κ3) is 2.08. The molecule has 1 aliphatic rings. The number of carbonyl (C=O) groups excluding carboxylic acids is 1. The number of benzene rings is 1. The van der Waals surface area contributed by atoms with Gasteiger partial charge in [-0.05, 0) is 6.07 Å². The minimum atomic E-state index is -1.04. The standard InChI is InChI=1S/C12H12O5/c1-16-9-5-3-2-4-7(9)11-8(12(14)15)6-10(13)17-11/h2-5,8,11H,6H2,1H3,(H,14,15)/t8-,11?/m0/s1. The number of hydrogen-bond acceptors (Lipinski definition) is 4. The molecule has 0 aliphatic carbocycles. The second-order valence-electron chi connectivity index (χ2n) is 3.80. The molecule has 1 unspecified atom stereocenters. The SMILES string of the molecule is COc1ccccc1C1OC(=O)C[C@@H]1C(=O)O. The summed E-state index contributed by atoms with van der Waals surface area (Å²) < 4.78 is 10.2. The summed E-state index contributed by atoms with van der Waals surface area (Å²) in [7, 11) is 1.49. The highest BCUT2D eigenvalue weighted by Crippen LogP contribution is 2.39. The maximum absolute atomic E-state index is 11.2. The van der Waals surface area contributed by atoms with E-state index in [1.807, 2.05) is 0 Å². The van der Waals surface area contributed by atoms with Crippen LogP contribution in [0, 0.1) is 5.92 Å². The average Bonchev–Trinajstić information content (AvgIpc) is 2.71. The number of methoxy groups -OCH3 is 1. The Labute approximate surface area is 98.0 Å². The number of hydrogen-bond donors (Lipinski definition) is 1. The number of cyclic esters (lactones) is 1. The Morgan fingerprint density at radius 3 is 2.82 bits per heavy atom. The first-order valence-electron chi connectivity index (χ1n) is 5.18. The molecular weight excluding hydrogens is 224 g/mol. The first-order chi connectivity index (χ1) is 8.13. The third-order valence-electron chi connectivity index (χ3n) is 2.77. The van der Waals surface area contributed by atoms with Crippen LogP contribution >= 0.6 is 0 Å². The zero-order chi connectivity index (χ0) is 12.4. The van der Waals surface area contributed by atoms with Crippen molar-refractivity contribution in [2.24, 2.45) is 5.92 Å². The van der Waals surface area contributed by atoms with Crippen molar-refractivity contribution in [1.29, 1.82) is 0 Å². The molecule has 1 fully saturated rings. The third-order valence-corrected chi connectivity index (χ3v) is 2.77. The largest absolute Gasteiger partial charge is 0.496 e. The number of carbonyl (C=O) groups is 2. The van der Waals surface area contributed by atoms with Gasteiger partial charge < -0.3 is 14.6 Å². The van der Waals surface area contributed by atoms with Gasteiger partial charge in [-0.25, -0.2) is 0 Å². The minimum Gasteiger partial charge on any atom is -0.496 e. The van der Waals surface area contributed by atoms with E-state index in [0.29, 0.717) is 11.3 Å². The molecule has 5 nitrogen and oxygen atoms in total. The van der Waals surface area contributed by atoms with Gasteiger partial charge in [0.25, 0.3) is 0 Å². The Kier molecular flexibility index (Phi) is 2.99. The van der Waals surface area contributed by atoms with E-state index in [-0.39, 0.29) is 6.42 Å². The van der Waals surface area contributed by atoms with Gasteiger partial charge in [0.1, 0.15) is 17.8 Å². The van der Waals surface area contributed by atoms with Crippen LogP contribution in [0.3, 0.4) is 0 Å². The van der Waals surface area contributed by atoms with E-state index in [2.05, 4.69) is 0 Å². The van der Waals surface area contributed by atoms with E-state index >= 15 is 0 Å². The monoisotopic (exact) mass is 236 g/mol. The molecule has 0 amide bonds. The van der Waals surface area contributed by atoms with Crippen LogP contribution in [-0.4, -0.2) is 24.2 Å². The summed E-state index contributed by atoms with van der Waals surface area (Å²) in [5.41, 5.74) is 0.591. The van der Waals surface area contributed by atoms with Gasteiger partial charge in [0.05, 0.1) is 13.5 Å². The number of carboxylic acid groups (broad SMARTS) is 1. The Bertz CT molecular complexity index is 454. The van der Waals surface area contributed by atoms with Crippen molar-refractivity contribution in [3.8, 4) is 5.75 Å². The predicted octanol–water partition coefficient (Wildman–Crippen LogP) is 1.38. The summed E-state index contributed by atoms with van der Waals surface area (Å²) >= 11 is 0. The normalized spacial score (nSPS) is 23.2. The molecule has 2 atom stereocenters. The summed E-state index contributed by atoms with van der Waals surface area (Å²) in [6.45, 7) is 0. The molecule has 0 saturated carbocycles. The van der Waals surface area contributed by atoms with E-state index in [1.54, 1.807) is 24.3 Å². The second-order valence-corrected chi connectivity index (χ2v) is 3.80. The van der Waals surface area contributed by atoms with Crippen LogP contribution in [-0.2, 0) is 14.3 Å². The van der Waals surface area contributed by atoms with Gasteiger partial charge >= 0.3 is 11.9 Å². The van der Waals surface area contributed by atoms with E-state index < -0.39 is 24.0 Å². The van der Waals surface area contributed by atoms with E-state index in [1.165, 1.54) is 7.11 Å². The zero-order valence-electron chi connectivity index (χ0n) is 9.25. The van der Waals surface area contributed by atoms with Gasteiger partial charge in [-0.2, -0.15) is 0 Å². The summed E-state index contributed by atoms with van der Waals surface area (Å²) in [6.07, 6.45) is -0.867. The molecule has 1 aromatic carbocycles. The lowest BCUT2D eigenvalue weighted by Crippen LogP contribution is -2.18. The van der Waals surface area contributed by atoms with Gasteiger partial charge in [0, 0.05) is 5.56 Å². The number of rotatable bonds is 3. The Morgan fingerprint density at radius 1 is 1.47 bits per heavy atom. The van der Waals surface area contributed by atoms with Crippen molar-refractivity contribution in [2.45, 2.75) is 12.5 Å².